The van der Waals surface area contributed by atoms with E-state index in [4.69, 9.17) is 0 Å². The van der Waals surface area contributed by atoms with E-state index < -0.39 is 18.9 Å². The van der Waals surface area contributed by atoms with Gasteiger partial charge in [-0.2, -0.15) is 10.1 Å². The molecule has 0 unspecified atom stereocenters. The zero-order valence-electron chi connectivity index (χ0n) is 9.80. The number of nitrogens with one attached hydrogen (secondary N) is 2. The highest BCUT2D eigenvalue weighted by atomic mass is 32.2. The van der Waals surface area contributed by atoms with Gasteiger partial charge in [0.2, 0.25) is 11.1 Å². The van der Waals surface area contributed by atoms with Crippen molar-refractivity contribution < 1.29 is 13.6 Å². The number of thioether (sulfide) groups is 1. The molecule has 102 valence electrons. The molecule has 0 aromatic carbocycles. The quantitative estimate of drug-likeness (QED) is 0.808. The molecule has 0 fully saturated rings. The summed E-state index contributed by atoms with van der Waals surface area (Å²) in [6.07, 6.45) is 0.483. The van der Waals surface area contributed by atoms with Crippen LogP contribution in [0, 0.1) is 0 Å². The summed E-state index contributed by atoms with van der Waals surface area (Å²) in [6, 6.07) is 1.35. The average molecular weight is 288 g/mol. The molecule has 0 aliphatic rings. The Morgan fingerprint density at radius 2 is 2.42 bits per heavy atom. The van der Waals surface area contributed by atoms with Crippen molar-refractivity contribution in [2.45, 2.75) is 18.1 Å². The van der Waals surface area contributed by atoms with Crippen LogP contribution in [0.2, 0.25) is 0 Å². The molecular formula is C9H10F2N6OS. The summed E-state index contributed by atoms with van der Waals surface area (Å²) in [5.74, 6) is -0.430. The zero-order chi connectivity index (χ0) is 13.8. The van der Waals surface area contributed by atoms with Crippen molar-refractivity contribution in [3.63, 3.8) is 0 Å². The van der Waals surface area contributed by atoms with Crippen LogP contribution in [0.15, 0.2) is 17.4 Å². The van der Waals surface area contributed by atoms with Crippen molar-refractivity contribution in [1.29, 1.82) is 0 Å². The molecule has 19 heavy (non-hydrogen) atoms. The normalized spacial score (nSPS) is 10.9. The number of rotatable bonds is 5. The summed E-state index contributed by atoms with van der Waals surface area (Å²) < 4.78 is 25.5. The summed E-state index contributed by atoms with van der Waals surface area (Å²) in [6.45, 7) is -0.637. The molecule has 2 aromatic heterocycles. The van der Waals surface area contributed by atoms with E-state index >= 15 is 0 Å². The van der Waals surface area contributed by atoms with Crippen molar-refractivity contribution in [2.24, 2.45) is 0 Å². The van der Waals surface area contributed by atoms with Crippen molar-refractivity contribution in [1.82, 2.24) is 25.0 Å². The van der Waals surface area contributed by atoms with Gasteiger partial charge in [0.1, 0.15) is 12.2 Å². The largest absolute Gasteiger partial charge is 0.289 e. The van der Waals surface area contributed by atoms with Gasteiger partial charge in [-0.1, -0.05) is 11.8 Å². The topological polar surface area (TPSA) is 88.5 Å². The third kappa shape index (κ3) is 3.28. The highest BCUT2D eigenvalue weighted by Crippen LogP contribution is 2.11. The van der Waals surface area contributed by atoms with Gasteiger partial charge in [-0.3, -0.25) is 14.8 Å². The summed E-state index contributed by atoms with van der Waals surface area (Å²) >= 11 is 1.30. The Morgan fingerprint density at radius 1 is 1.63 bits per heavy atom. The first kappa shape index (κ1) is 13.5. The van der Waals surface area contributed by atoms with Crippen molar-refractivity contribution in [3.8, 4) is 0 Å². The summed E-state index contributed by atoms with van der Waals surface area (Å²) in [5, 5.41) is 12.9. The summed E-state index contributed by atoms with van der Waals surface area (Å²) in [7, 11) is 0. The number of aromatic nitrogens is 5. The Morgan fingerprint density at radius 3 is 3.05 bits per heavy atom. The van der Waals surface area contributed by atoms with Gasteiger partial charge in [-0.15, -0.1) is 5.10 Å². The number of alkyl halides is 2. The highest BCUT2D eigenvalue weighted by Gasteiger charge is 2.16. The van der Waals surface area contributed by atoms with Gasteiger partial charge < -0.3 is 0 Å². The van der Waals surface area contributed by atoms with Gasteiger partial charge in [-0.05, 0) is 12.3 Å². The van der Waals surface area contributed by atoms with E-state index in [2.05, 4.69) is 25.6 Å². The van der Waals surface area contributed by atoms with Crippen LogP contribution in [-0.2, 0) is 6.54 Å². The lowest BCUT2D eigenvalue weighted by Crippen LogP contribution is -2.20. The number of H-pyrrole nitrogens is 1. The predicted octanol–water partition coefficient (Wildman–Crippen LogP) is 1.24. The fourth-order valence-corrected chi connectivity index (χ4v) is 1.69. The van der Waals surface area contributed by atoms with Crippen LogP contribution >= 0.6 is 11.8 Å². The second kappa shape index (κ2) is 5.78. The van der Waals surface area contributed by atoms with E-state index in [0.29, 0.717) is 5.16 Å². The molecule has 2 aromatic rings. The lowest BCUT2D eigenvalue weighted by molar-refractivity contribution is 0.0988. The van der Waals surface area contributed by atoms with Crippen LogP contribution in [0.5, 0.6) is 0 Å². The molecular weight excluding hydrogens is 278 g/mol. The maximum absolute atomic E-state index is 12.3. The Balaban J connectivity index is 2.09. The van der Waals surface area contributed by atoms with Crippen molar-refractivity contribution in [3.05, 3.63) is 18.0 Å². The molecule has 0 aliphatic heterocycles. The number of hydrogen-bond donors (Lipinski definition) is 2. The van der Waals surface area contributed by atoms with E-state index in [0.717, 1.165) is 4.68 Å². The van der Waals surface area contributed by atoms with Crippen LogP contribution in [0.4, 0.5) is 14.7 Å². The number of carbonyl (C=O) groups excluding carboxylic acids is 1. The number of amides is 1. The first-order valence-electron chi connectivity index (χ1n) is 5.18. The van der Waals surface area contributed by atoms with Crippen LogP contribution in [0.3, 0.4) is 0 Å². The van der Waals surface area contributed by atoms with Gasteiger partial charge in [-0.25, -0.2) is 13.9 Å². The van der Waals surface area contributed by atoms with Gasteiger partial charge in [0.15, 0.2) is 0 Å². The molecule has 2 rings (SSSR count). The van der Waals surface area contributed by atoms with Crippen LogP contribution < -0.4 is 5.32 Å². The number of anilines is 1. The van der Waals surface area contributed by atoms with E-state index in [-0.39, 0.29) is 11.6 Å². The Kier molecular flexibility index (Phi) is 4.10. The number of hydrogen-bond acceptors (Lipinski definition) is 5. The zero-order valence-corrected chi connectivity index (χ0v) is 10.6. The SMILES string of the molecule is CSc1n[nH]c(NC(=O)c2ccnn2CC(F)F)n1. The highest BCUT2D eigenvalue weighted by molar-refractivity contribution is 7.98. The predicted molar refractivity (Wildman–Crippen MR) is 64.3 cm³/mol. The van der Waals surface area contributed by atoms with Gasteiger partial charge >= 0.3 is 0 Å². The van der Waals surface area contributed by atoms with E-state index in [1.165, 1.54) is 24.0 Å². The van der Waals surface area contributed by atoms with Crippen molar-refractivity contribution >= 4 is 23.6 Å². The molecule has 0 spiro atoms. The molecule has 1 amide bonds. The smallest absolute Gasteiger partial charge is 0.276 e. The standard InChI is InChI=1S/C9H10F2N6OS/c1-19-9-14-8(15-16-9)13-7(18)5-2-3-12-17(5)4-6(10)11/h2-3,6H,4H2,1H3,(H2,13,14,15,16,18). The molecule has 7 nitrogen and oxygen atoms in total. The van der Waals surface area contributed by atoms with Gasteiger partial charge in [0.25, 0.3) is 12.3 Å². The van der Waals surface area contributed by atoms with Gasteiger partial charge in [0.05, 0.1) is 0 Å². The van der Waals surface area contributed by atoms with Crippen LogP contribution in [-0.4, -0.2) is 43.6 Å². The maximum atomic E-state index is 12.3. The molecule has 2 heterocycles. The Labute approximate surface area is 110 Å². The fourth-order valence-electron chi connectivity index (χ4n) is 1.37. The third-order valence-electron chi connectivity index (χ3n) is 2.14. The number of halogens is 2. The minimum atomic E-state index is -2.58. The molecule has 0 bridgehead atoms. The first-order chi connectivity index (χ1) is 9.10. The second-order valence-corrected chi connectivity index (χ2v) is 4.19. The monoisotopic (exact) mass is 288 g/mol. The maximum Gasteiger partial charge on any atom is 0.276 e. The second-order valence-electron chi connectivity index (χ2n) is 3.41. The number of nitrogens with zero attached hydrogens (tertiary/aromatic N) is 4. The molecule has 0 saturated carbocycles. The average Bonchev–Trinajstić information content (AvgIpc) is 2.97. The van der Waals surface area contributed by atoms with E-state index in [1.807, 2.05) is 0 Å². The number of aromatic amines is 1. The van der Waals surface area contributed by atoms with Crippen molar-refractivity contribution in [2.75, 3.05) is 11.6 Å². The van der Waals surface area contributed by atoms with Gasteiger partial charge in [0, 0.05) is 6.20 Å². The molecule has 0 atom stereocenters. The Hall–Kier alpha value is -1.97. The number of carbonyl (C=O) groups is 1. The minimum absolute atomic E-state index is 0.0300. The Bertz CT molecular complexity index is 569. The van der Waals surface area contributed by atoms with E-state index in [1.54, 1.807) is 6.26 Å². The molecule has 0 saturated heterocycles. The van der Waals surface area contributed by atoms with E-state index in [9.17, 15) is 13.6 Å². The fraction of sp³-hybridized carbons (Fsp3) is 0.333. The minimum Gasteiger partial charge on any atom is -0.289 e. The summed E-state index contributed by atoms with van der Waals surface area (Å²) in [5.41, 5.74) is 0.0300. The van der Waals surface area contributed by atoms with Crippen LogP contribution in [0.1, 0.15) is 10.5 Å². The molecule has 0 radical (unpaired) electrons. The van der Waals surface area contributed by atoms with Crippen LogP contribution in [0.25, 0.3) is 0 Å². The molecule has 2 N–H and O–H groups in total. The molecule has 0 aliphatic carbocycles. The lowest BCUT2D eigenvalue weighted by Gasteiger charge is -2.05. The summed E-state index contributed by atoms with van der Waals surface area (Å²) in [4.78, 5) is 15.8. The third-order valence-corrected chi connectivity index (χ3v) is 2.69. The lowest BCUT2D eigenvalue weighted by atomic mass is 10.4. The molecule has 10 heteroatoms. The first-order valence-corrected chi connectivity index (χ1v) is 6.40.